The van der Waals surface area contributed by atoms with Crippen LogP contribution in [0.25, 0.3) is 0 Å². The van der Waals surface area contributed by atoms with E-state index in [9.17, 15) is 0 Å². The van der Waals surface area contributed by atoms with E-state index >= 15 is 0 Å². The Labute approximate surface area is 104 Å². The molecule has 1 aromatic carbocycles. The van der Waals surface area contributed by atoms with Gasteiger partial charge in [-0.05, 0) is 31.0 Å². The van der Waals surface area contributed by atoms with Crippen molar-refractivity contribution in [1.82, 2.24) is 4.98 Å². The molecule has 0 unspecified atom stereocenters. The number of aromatic nitrogens is 1. The first kappa shape index (κ1) is 11.6. The Morgan fingerprint density at radius 1 is 1.41 bits per heavy atom. The highest BCUT2D eigenvalue weighted by atomic mass is 32.1. The summed E-state index contributed by atoms with van der Waals surface area (Å²) in [4.78, 5) is 4.74. The number of rotatable bonds is 3. The number of nitrogens with zero attached hydrogens (tertiary/aromatic N) is 2. The van der Waals surface area contributed by atoms with E-state index in [1.165, 1.54) is 16.9 Å². The first-order valence-electron chi connectivity index (χ1n) is 5.24. The molecule has 0 aliphatic heterocycles. The highest BCUT2D eigenvalue weighted by Gasteiger charge is 2.04. The predicted octanol–water partition coefficient (Wildman–Crippen LogP) is 3.21. The number of nitriles is 1. The maximum absolute atomic E-state index is 8.70. The fourth-order valence-electron chi connectivity index (χ4n) is 1.43. The van der Waals surface area contributed by atoms with Crippen LogP contribution in [0.2, 0.25) is 0 Å². The van der Waals surface area contributed by atoms with Crippen molar-refractivity contribution < 1.29 is 4.74 Å². The molecule has 17 heavy (non-hydrogen) atoms. The molecule has 1 aromatic heterocycles. The molecule has 86 valence electrons. The largest absolute Gasteiger partial charge is 0.486 e. The molecule has 0 saturated carbocycles. The van der Waals surface area contributed by atoms with E-state index in [0.717, 1.165) is 16.3 Å². The molecule has 0 bridgehead atoms. The molecular weight excluding hydrogens is 232 g/mol. The van der Waals surface area contributed by atoms with Crippen LogP contribution < -0.4 is 4.74 Å². The number of hydrogen-bond acceptors (Lipinski definition) is 4. The summed E-state index contributed by atoms with van der Waals surface area (Å²) in [5, 5.41) is 9.52. The van der Waals surface area contributed by atoms with Crippen molar-refractivity contribution in [2.75, 3.05) is 0 Å². The molecule has 3 nitrogen and oxygen atoms in total. The second-order valence-electron chi connectivity index (χ2n) is 3.79. The Morgan fingerprint density at radius 3 is 2.94 bits per heavy atom. The molecule has 2 rings (SSSR count). The van der Waals surface area contributed by atoms with Gasteiger partial charge >= 0.3 is 0 Å². The molecule has 0 radical (unpaired) electrons. The summed E-state index contributed by atoms with van der Waals surface area (Å²) in [6.07, 6.45) is 1.58. The third kappa shape index (κ3) is 2.83. The first-order valence-corrected chi connectivity index (χ1v) is 6.05. The molecule has 0 saturated heterocycles. The summed E-state index contributed by atoms with van der Waals surface area (Å²) < 4.78 is 5.70. The fraction of sp³-hybridized carbons (Fsp3) is 0.231. The molecule has 0 N–H and O–H groups in total. The molecule has 4 heteroatoms. The van der Waals surface area contributed by atoms with Crippen LogP contribution >= 0.6 is 11.3 Å². The van der Waals surface area contributed by atoms with Crippen molar-refractivity contribution in [3.05, 3.63) is 45.4 Å². The minimum Gasteiger partial charge on any atom is -0.486 e. The molecule has 0 atom stereocenters. The Morgan fingerprint density at radius 2 is 2.24 bits per heavy atom. The van der Waals surface area contributed by atoms with Crippen LogP contribution in [0.4, 0.5) is 0 Å². The zero-order chi connectivity index (χ0) is 12.3. The second-order valence-corrected chi connectivity index (χ2v) is 4.90. The van der Waals surface area contributed by atoms with Crippen molar-refractivity contribution in [3.63, 3.8) is 0 Å². The number of aryl methyl sites for hydroxylation is 2. The van der Waals surface area contributed by atoms with Gasteiger partial charge in [-0.2, -0.15) is 5.26 Å². The Kier molecular flexibility index (Phi) is 3.40. The van der Waals surface area contributed by atoms with Gasteiger partial charge in [-0.15, -0.1) is 11.3 Å². The summed E-state index contributed by atoms with van der Waals surface area (Å²) in [5.74, 6) is 0.874. The lowest BCUT2D eigenvalue weighted by molar-refractivity contribution is 0.303. The Balaban J connectivity index is 2.07. The van der Waals surface area contributed by atoms with E-state index < -0.39 is 0 Å². The fourth-order valence-corrected chi connectivity index (χ4v) is 2.06. The molecule has 0 fully saturated rings. The molecule has 0 aliphatic rings. The molecular formula is C13H12N2OS. The van der Waals surface area contributed by atoms with Crippen molar-refractivity contribution in [3.8, 4) is 11.8 Å². The average molecular weight is 244 g/mol. The highest BCUT2D eigenvalue weighted by Crippen LogP contribution is 2.21. The predicted molar refractivity (Wildman–Crippen MR) is 67.1 cm³/mol. The quantitative estimate of drug-likeness (QED) is 0.832. The van der Waals surface area contributed by atoms with Crippen molar-refractivity contribution >= 4 is 11.3 Å². The summed E-state index contributed by atoms with van der Waals surface area (Å²) in [5.41, 5.74) is 2.27. The topological polar surface area (TPSA) is 45.9 Å². The monoisotopic (exact) mass is 244 g/mol. The number of hydrogen-bond donors (Lipinski definition) is 0. The Bertz CT molecular complexity index is 569. The zero-order valence-electron chi connectivity index (χ0n) is 9.73. The third-order valence-electron chi connectivity index (χ3n) is 2.36. The van der Waals surface area contributed by atoms with E-state index in [2.05, 4.69) is 17.1 Å². The lowest BCUT2D eigenvalue weighted by atomic mass is 10.1. The van der Waals surface area contributed by atoms with Crippen LogP contribution in [0.3, 0.4) is 0 Å². The average Bonchev–Trinajstić information content (AvgIpc) is 2.78. The van der Waals surface area contributed by atoms with Gasteiger partial charge in [0.05, 0.1) is 6.20 Å². The number of benzene rings is 1. The van der Waals surface area contributed by atoms with Gasteiger partial charge in [-0.25, -0.2) is 4.98 Å². The van der Waals surface area contributed by atoms with E-state index in [0.29, 0.717) is 11.5 Å². The second kappa shape index (κ2) is 4.98. The maximum Gasteiger partial charge on any atom is 0.140 e. The van der Waals surface area contributed by atoms with Gasteiger partial charge in [0.25, 0.3) is 0 Å². The van der Waals surface area contributed by atoms with Crippen molar-refractivity contribution in [2.24, 2.45) is 0 Å². The van der Waals surface area contributed by atoms with Gasteiger partial charge in [0.1, 0.15) is 28.3 Å². The summed E-state index contributed by atoms with van der Waals surface area (Å²) >= 11 is 1.36. The minimum atomic E-state index is 0.413. The van der Waals surface area contributed by atoms with Crippen molar-refractivity contribution in [1.29, 1.82) is 5.26 Å². The molecule has 1 heterocycles. The van der Waals surface area contributed by atoms with E-state index in [1.54, 1.807) is 6.20 Å². The van der Waals surface area contributed by atoms with Gasteiger partial charge < -0.3 is 4.74 Å². The zero-order valence-corrected chi connectivity index (χ0v) is 10.5. The summed E-state index contributed by atoms with van der Waals surface area (Å²) in [7, 11) is 0. The standard InChI is InChI=1S/C13H12N2OS/c1-9-3-4-10(2)12(5-9)16-8-13-15-7-11(6-14)17-13/h3-5,7H,8H2,1-2H3. The Hall–Kier alpha value is -1.86. The molecule has 2 aromatic rings. The van der Waals surface area contributed by atoms with Crippen LogP contribution in [0.5, 0.6) is 5.75 Å². The normalized spacial score (nSPS) is 9.94. The van der Waals surface area contributed by atoms with E-state index in [-0.39, 0.29) is 0 Å². The van der Waals surface area contributed by atoms with Gasteiger partial charge in [0, 0.05) is 0 Å². The van der Waals surface area contributed by atoms with E-state index in [4.69, 9.17) is 10.00 Å². The smallest absolute Gasteiger partial charge is 0.140 e. The van der Waals surface area contributed by atoms with Crippen LogP contribution in [0.1, 0.15) is 21.0 Å². The van der Waals surface area contributed by atoms with Crippen LogP contribution in [-0.4, -0.2) is 4.98 Å². The SMILES string of the molecule is Cc1ccc(C)c(OCc2ncc(C#N)s2)c1. The lowest BCUT2D eigenvalue weighted by Gasteiger charge is -2.08. The van der Waals surface area contributed by atoms with Crippen LogP contribution in [0.15, 0.2) is 24.4 Å². The molecule has 0 aliphatic carbocycles. The third-order valence-corrected chi connectivity index (χ3v) is 3.23. The summed E-state index contributed by atoms with van der Waals surface area (Å²) in [6, 6.07) is 8.16. The molecule has 0 spiro atoms. The number of thiazole rings is 1. The maximum atomic E-state index is 8.70. The first-order chi connectivity index (χ1) is 8.19. The minimum absolute atomic E-state index is 0.413. The van der Waals surface area contributed by atoms with Gasteiger partial charge in [0.15, 0.2) is 0 Å². The van der Waals surface area contributed by atoms with Crippen LogP contribution in [0, 0.1) is 25.2 Å². The van der Waals surface area contributed by atoms with Gasteiger partial charge in [-0.1, -0.05) is 12.1 Å². The molecule has 0 amide bonds. The van der Waals surface area contributed by atoms with Gasteiger partial charge in [-0.3, -0.25) is 0 Å². The van der Waals surface area contributed by atoms with Gasteiger partial charge in [0.2, 0.25) is 0 Å². The number of ether oxygens (including phenoxy) is 1. The summed E-state index contributed by atoms with van der Waals surface area (Å²) in [6.45, 7) is 4.46. The van der Waals surface area contributed by atoms with E-state index in [1.807, 2.05) is 26.0 Å². The lowest BCUT2D eigenvalue weighted by Crippen LogP contribution is -1.96. The van der Waals surface area contributed by atoms with Crippen LogP contribution in [-0.2, 0) is 6.61 Å². The highest BCUT2D eigenvalue weighted by molar-refractivity contribution is 7.12. The van der Waals surface area contributed by atoms with Crippen molar-refractivity contribution in [2.45, 2.75) is 20.5 Å².